The van der Waals surface area contributed by atoms with E-state index in [2.05, 4.69) is 14.2 Å². The van der Waals surface area contributed by atoms with Crippen LogP contribution in [0.2, 0.25) is 0 Å². The standard InChI is InChI=1S/C11H13N3O5/c12-7-16-4-2-1-3-10(19-9-14)11(15)18-6-5-17-8-13/h10H,1-6H2. The van der Waals surface area contributed by atoms with Crippen molar-refractivity contribution in [3.63, 3.8) is 0 Å². The van der Waals surface area contributed by atoms with E-state index < -0.39 is 12.1 Å². The molecule has 0 saturated carbocycles. The monoisotopic (exact) mass is 267 g/mol. The van der Waals surface area contributed by atoms with E-state index in [1.165, 1.54) is 18.8 Å². The van der Waals surface area contributed by atoms with E-state index in [0.717, 1.165) is 0 Å². The lowest BCUT2D eigenvalue weighted by atomic mass is 10.1. The van der Waals surface area contributed by atoms with Gasteiger partial charge in [-0.2, -0.15) is 15.8 Å². The molecule has 19 heavy (non-hydrogen) atoms. The van der Waals surface area contributed by atoms with Crippen LogP contribution in [0.25, 0.3) is 0 Å². The van der Waals surface area contributed by atoms with Gasteiger partial charge < -0.3 is 18.9 Å². The van der Waals surface area contributed by atoms with Crippen molar-refractivity contribution in [2.75, 3.05) is 19.8 Å². The summed E-state index contributed by atoms with van der Waals surface area (Å²) in [5, 5.41) is 24.7. The van der Waals surface area contributed by atoms with Crippen LogP contribution in [0.5, 0.6) is 0 Å². The molecule has 0 aromatic heterocycles. The highest BCUT2D eigenvalue weighted by molar-refractivity contribution is 5.74. The van der Waals surface area contributed by atoms with Gasteiger partial charge in [-0.05, 0) is 19.3 Å². The lowest BCUT2D eigenvalue weighted by molar-refractivity contribution is -0.154. The number of rotatable bonds is 10. The minimum atomic E-state index is -0.992. The molecular weight excluding hydrogens is 254 g/mol. The summed E-state index contributed by atoms with van der Waals surface area (Å²) in [7, 11) is 0. The first-order valence-corrected chi connectivity index (χ1v) is 5.49. The van der Waals surface area contributed by atoms with Gasteiger partial charge in [0.05, 0.1) is 0 Å². The molecule has 0 aliphatic carbocycles. The number of esters is 1. The topological polar surface area (TPSA) is 125 Å². The number of nitrogens with zero attached hydrogens (tertiary/aromatic N) is 3. The smallest absolute Gasteiger partial charge is 0.348 e. The van der Waals surface area contributed by atoms with Gasteiger partial charge in [-0.25, -0.2) is 4.79 Å². The predicted octanol–water partition coefficient (Wildman–Crippen LogP) is 0.562. The van der Waals surface area contributed by atoms with Gasteiger partial charge >= 0.3 is 5.97 Å². The second-order valence-electron chi connectivity index (χ2n) is 3.24. The molecule has 0 fully saturated rings. The van der Waals surface area contributed by atoms with Crippen molar-refractivity contribution in [1.82, 2.24) is 0 Å². The summed E-state index contributed by atoms with van der Waals surface area (Å²) in [6.07, 6.45) is 4.78. The van der Waals surface area contributed by atoms with Gasteiger partial charge in [0.1, 0.15) is 19.8 Å². The molecule has 0 aromatic rings. The average Bonchev–Trinajstić information content (AvgIpc) is 2.42. The highest BCUT2D eigenvalue weighted by Crippen LogP contribution is 2.07. The first-order chi connectivity index (χ1) is 9.26. The summed E-state index contributed by atoms with van der Waals surface area (Å²) >= 11 is 0. The van der Waals surface area contributed by atoms with Crippen molar-refractivity contribution < 1.29 is 23.7 Å². The van der Waals surface area contributed by atoms with Crippen molar-refractivity contribution in [3.8, 4) is 18.8 Å². The summed E-state index contributed by atoms with van der Waals surface area (Å²) < 4.78 is 18.1. The zero-order valence-electron chi connectivity index (χ0n) is 10.2. The summed E-state index contributed by atoms with van der Waals surface area (Å²) in [4.78, 5) is 11.5. The number of nitriles is 3. The Kier molecular flexibility index (Phi) is 10.2. The molecule has 0 rings (SSSR count). The molecule has 8 heteroatoms. The maximum Gasteiger partial charge on any atom is 0.348 e. The van der Waals surface area contributed by atoms with Gasteiger partial charge in [-0.1, -0.05) is 0 Å². The van der Waals surface area contributed by atoms with E-state index in [9.17, 15) is 4.79 Å². The van der Waals surface area contributed by atoms with E-state index in [-0.39, 0.29) is 26.2 Å². The van der Waals surface area contributed by atoms with Crippen molar-refractivity contribution in [3.05, 3.63) is 0 Å². The molecule has 0 aliphatic rings. The zero-order valence-corrected chi connectivity index (χ0v) is 10.2. The molecule has 0 radical (unpaired) electrons. The molecule has 0 aliphatic heterocycles. The zero-order chi connectivity index (χ0) is 14.3. The Bertz CT molecular complexity index is 379. The van der Waals surface area contributed by atoms with Gasteiger partial charge in [0.15, 0.2) is 0 Å². The van der Waals surface area contributed by atoms with Gasteiger partial charge in [0.25, 0.3) is 18.8 Å². The van der Waals surface area contributed by atoms with Crippen LogP contribution in [0.15, 0.2) is 0 Å². The van der Waals surface area contributed by atoms with Crippen LogP contribution in [-0.4, -0.2) is 31.9 Å². The minimum Gasteiger partial charge on any atom is -0.459 e. The first kappa shape index (κ1) is 16.3. The fourth-order valence-corrected chi connectivity index (χ4v) is 1.16. The van der Waals surface area contributed by atoms with Crippen LogP contribution < -0.4 is 0 Å². The summed E-state index contributed by atoms with van der Waals surface area (Å²) in [5.74, 6) is -0.690. The fourth-order valence-electron chi connectivity index (χ4n) is 1.16. The van der Waals surface area contributed by atoms with Crippen LogP contribution >= 0.6 is 0 Å². The molecule has 102 valence electrons. The van der Waals surface area contributed by atoms with Crippen LogP contribution in [0.1, 0.15) is 19.3 Å². The fraction of sp³-hybridized carbons (Fsp3) is 0.636. The largest absolute Gasteiger partial charge is 0.459 e. The molecule has 0 heterocycles. The number of hydrogen-bond acceptors (Lipinski definition) is 8. The molecule has 1 atom stereocenters. The highest BCUT2D eigenvalue weighted by Gasteiger charge is 2.21. The lowest BCUT2D eigenvalue weighted by Crippen LogP contribution is -2.26. The molecule has 0 aromatic carbocycles. The molecule has 1 unspecified atom stereocenters. The molecule has 0 spiro atoms. The van der Waals surface area contributed by atoms with Crippen LogP contribution in [-0.2, 0) is 23.7 Å². The third-order valence-electron chi connectivity index (χ3n) is 1.98. The maximum atomic E-state index is 11.5. The second kappa shape index (κ2) is 11.8. The number of carbonyl (C=O) groups excluding carboxylic acids is 1. The molecular formula is C11H13N3O5. The Morgan fingerprint density at radius 1 is 0.947 bits per heavy atom. The lowest BCUT2D eigenvalue weighted by Gasteiger charge is -2.12. The van der Waals surface area contributed by atoms with E-state index >= 15 is 0 Å². The Balaban J connectivity index is 3.89. The van der Waals surface area contributed by atoms with E-state index in [1.807, 2.05) is 0 Å². The molecule has 0 bridgehead atoms. The molecule has 0 N–H and O–H groups in total. The highest BCUT2D eigenvalue weighted by atomic mass is 16.6. The number of unbranched alkanes of at least 4 members (excludes halogenated alkanes) is 1. The Morgan fingerprint density at radius 3 is 2.26 bits per heavy atom. The summed E-state index contributed by atoms with van der Waals surface area (Å²) in [6.45, 7) is 0.119. The molecule has 0 saturated heterocycles. The average molecular weight is 267 g/mol. The minimum absolute atomic E-state index is 0.0441. The van der Waals surface area contributed by atoms with E-state index in [1.54, 1.807) is 0 Å². The summed E-state index contributed by atoms with van der Waals surface area (Å²) in [6, 6.07) is 0. The van der Waals surface area contributed by atoms with Crippen molar-refractivity contribution >= 4 is 5.97 Å². The Hall–Kier alpha value is -2.66. The van der Waals surface area contributed by atoms with Gasteiger partial charge in [0, 0.05) is 0 Å². The van der Waals surface area contributed by atoms with Gasteiger partial charge in [0.2, 0.25) is 6.10 Å². The van der Waals surface area contributed by atoms with Crippen LogP contribution in [0.3, 0.4) is 0 Å². The number of carbonyl (C=O) groups is 1. The molecule has 8 nitrogen and oxygen atoms in total. The summed E-state index contributed by atoms with van der Waals surface area (Å²) in [5.41, 5.74) is 0. The van der Waals surface area contributed by atoms with Gasteiger partial charge in [-0.15, -0.1) is 0 Å². The predicted molar refractivity (Wildman–Crippen MR) is 58.4 cm³/mol. The number of ether oxygens (including phenoxy) is 4. The van der Waals surface area contributed by atoms with E-state index in [0.29, 0.717) is 12.8 Å². The first-order valence-electron chi connectivity index (χ1n) is 5.49. The third-order valence-corrected chi connectivity index (χ3v) is 1.98. The number of hydrogen-bond donors (Lipinski definition) is 0. The van der Waals surface area contributed by atoms with Crippen LogP contribution in [0, 0.1) is 34.6 Å². The van der Waals surface area contributed by atoms with Crippen molar-refractivity contribution in [1.29, 1.82) is 15.8 Å². The van der Waals surface area contributed by atoms with E-state index in [4.69, 9.17) is 20.5 Å². The third kappa shape index (κ3) is 9.08. The quantitative estimate of drug-likeness (QED) is 0.319. The van der Waals surface area contributed by atoms with Gasteiger partial charge in [-0.3, -0.25) is 0 Å². The van der Waals surface area contributed by atoms with Crippen molar-refractivity contribution in [2.24, 2.45) is 0 Å². The SMILES string of the molecule is N#COCCCCC(OC#N)C(=O)OCCOC#N. The molecule has 0 amide bonds. The maximum absolute atomic E-state index is 11.5. The van der Waals surface area contributed by atoms with Crippen molar-refractivity contribution in [2.45, 2.75) is 25.4 Å². The Labute approximate surface area is 110 Å². The van der Waals surface area contributed by atoms with Crippen LogP contribution in [0.4, 0.5) is 0 Å². The normalized spacial score (nSPS) is 10.2. The Morgan fingerprint density at radius 2 is 1.63 bits per heavy atom. The second-order valence-corrected chi connectivity index (χ2v) is 3.24.